The van der Waals surface area contributed by atoms with Crippen LogP contribution >= 0.6 is 0 Å². The highest BCUT2D eigenvalue weighted by atomic mass is 19.1. The van der Waals surface area contributed by atoms with Gasteiger partial charge in [0, 0.05) is 12.1 Å². The molecule has 2 atom stereocenters. The van der Waals surface area contributed by atoms with Crippen LogP contribution < -0.4 is 5.32 Å². The van der Waals surface area contributed by atoms with Crippen LogP contribution in [0, 0.1) is 5.82 Å². The van der Waals surface area contributed by atoms with Gasteiger partial charge in [0.15, 0.2) is 0 Å². The van der Waals surface area contributed by atoms with Crippen molar-refractivity contribution in [1.29, 1.82) is 0 Å². The van der Waals surface area contributed by atoms with Crippen LogP contribution in [0.4, 0.5) is 4.39 Å². The maximum Gasteiger partial charge on any atom is 0.126 e. The molecule has 0 spiro atoms. The van der Waals surface area contributed by atoms with Gasteiger partial charge in [-0.3, -0.25) is 0 Å². The maximum absolute atomic E-state index is 13.6. The molecule has 0 aliphatic carbocycles. The van der Waals surface area contributed by atoms with Crippen molar-refractivity contribution < 1.29 is 4.39 Å². The average Bonchev–Trinajstić information content (AvgIpc) is 2.39. The molecule has 0 aliphatic rings. The van der Waals surface area contributed by atoms with Crippen LogP contribution in [0.5, 0.6) is 0 Å². The monoisotopic (exact) mass is 265 g/mol. The van der Waals surface area contributed by atoms with Crippen LogP contribution in [0.15, 0.2) is 24.3 Å². The summed E-state index contributed by atoms with van der Waals surface area (Å²) in [4.78, 5) is 0. The highest BCUT2D eigenvalue weighted by Gasteiger charge is 2.12. The smallest absolute Gasteiger partial charge is 0.126 e. The predicted molar refractivity (Wildman–Crippen MR) is 80.9 cm³/mol. The molecule has 0 radical (unpaired) electrons. The Morgan fingerprint density at radius 2 is 1.84 bits per heavy atom. The summed E-state index contributed by atoms with van der Waals surface area (Å²) in [5.41, 5.74) is 0.813. The van der Waals surface area contributed by atoms with Gasteiger partial charge in [-0.15, -0.1) is 0 Å². The maximum atomic E-state index is 13.6. The molecule has 0 amide bonds. The molecule has 108 valence electrons. The van der Waals surface area contributed by atoms with Crippen molar-refractivity contribution >= 4 is 0 Å². The van der Waals surface area contributed by atoms with Crippen molar-refractivity contribution in [2.24, 2.45) is 0 Å². The number of halogens is 1. The van der Waals surface area contributed by atoms with E-state index in [-0.39, 0.29) is 5.82 Å². The quantitative estimate of drug-likeness (QED) is 0.682. The van der Waals surface area contributed by atoms with Gasteiger partial charge in [0.2, 0.25) is 0 Å². The lowest BCUT2D eigenvalue weighted by Crippen LogP contribution is -2.37. The third-order valence-corrected chi connectivity index (χ3v) is 3.55. The molecule has 1 N–H and O–H groups in total. The summed E-state index contributed by atoms with van der Waals surface area (Å²) in [5, 5.41) is 3.66. The zero-order valence-corrected chi connectivity index (χ0v) is 12.6. The molecule has 2 unspecified atom stereocenters. The van der Waals surface area contributed by atoms with Crippen molar-refractivity contribution in [2.45, 2.75) is 71.4 Å². The Morgan fingerprint density at radius 1 is 1.11 bits per heavy atom. The molecule has 1 aromatic carbocycles. The fourth-order valence-corrected chi connectivity index (χ4v) is 2.57. The first-order valence-corrected chi connectivity index (χ1v) is 7.66. The summed E-state index contributed by atoms with van der Waals surface area (Å²) in [6.45, 7) is 6.61. The summed E-state index contributed by atoms with van der Waals surface area (Å²) in [6.07, 6.45) is 6.91. The normalized spacial score (nSPS) is 14.3. The second-order valence-corrected chi connectivity index (χ2v) is 5.49. The molecule has 0 saturated heterocycles. The van der Waals surface area contributed by atoms with Crippen LogP contribution in [0.25, 0.3) is 0 Å². The molecule has 0 aromatic heterocycles. The van der Waals surface area contributed by atoms with Gasteiger partial charge in [-0.1, -0.05) is 51.3 Å². The zero-order chi connectivity index (χ0) is 14.1. The third kappa shape index (κ3) is 6.20. The Hall–Kier alpha value is -0.890. The standard InChI is InChI=1S/C17H28FN/c1-4-6-11-16(9-5-2)19-14(3)13-15-10-7-8-12-17(15)18/h7-8,10,12,14,16,19H,4-6,9,11,13H2,1-3H3. The number of hydrogen-bond acceptors (Lipinski definition) is 1. The van der Waals surface area contributed by atoms with Crippen molar-refractivity contribution in [3.8, 4) is 0 Å². The lowest BCUT2D eigenvalue weighted by molar-refractivity contribution is 0.387. The molecule has 2 heteroatoms. The summed E-state index contributed by atoms with van der Waals surface area (Å²) in [7, 11) is 0. The second kappa shape index (κ2) is 9.08. The van der Waals surface area contributed by atoms with Crippen molar-refractivity contribution in [3.05, 3.63) is 35.6 Å². The van der Waals surface area contributed by atoms with E-state index in [1.165, 1.54) is 32.1 Å². The Labute approximate surface area is 117 Å². The van der Waals surface area contributed by atoms with Crippen LogP contribution in [0.2, 0.25) is 0 Å². The van der Waals surface area contributed by atoms with Gasteiger partial charge in [0.1, 0.15) is 5.82 Å². The van der Waals surface area contributed by atoms with Gasteiger partial charge in [0.05, 0.1) is 0 Å². The molecule has 19 heavy (non-hydrogen) atoms. The van der Waals surface area contributed by atoms with Gasteiger partial charge < -0.3 is 5.32 Å². The number of nitrogens with one attached hydrogen (secondary N) is 1. The minimum absolute atomic E-state index is 0.0863. The van der Waals surface area contributed by atoms with E-state index in [0.717, 1.165) is 12.0 Å². The van der Waals surface area contributed by atoms with Crippen molar-refractivity contribution in [2.75, 3.05) is 0 Å². The van der Waals surface area contributed by atoms with Gasteiger partial charge in [-0.2, -0.15) is 0 Å². The van der Waals surface area contributed by atoms with Crippen LogP contribution in [0.1, 0.15) is 58.4 Å². The molecule has 1 nitrogen and oxygen atoms in total. The SMILES string of the molecule is CCCCC(CCC)NC(C)Cc1ccccc1F. The molecule has 0 fully saturated rings. The molecule has 1 aromatic rings. The van der Waals surface area contributed by atoms with Crippen molar-refractivity contribution in [1.82, 2.24) is 5.32 Å². The molecular formula is C17H28FN. The van der Waals surface area contributed by atoms with Crippen molar-refractivity contribution in [3.63, 3.8) is 0 Å². The third-order valence-electron chi connectivity index (χ3n) is 3.55. The van der Waals surface area contributed by atoms with E-state index in [4.69, 9.17) is 0 Å². The summed E-state index contributed by atoms with van der Waals surface area (Å²) >= 11 is 0. The zero-order valence-electron chi connectivity index (χ0n) is 12.6. The first-order chi connectivity index (χ1) is 9.17. The Bertz CT molecular complexity index is 351. The largest absolute Gasteiger partial charge is 0.311 e. The Kier molecular flexibility index (Phi) is 7.73. The van der Waals surface area contributed by atoms with Gasteiger partial charge in [0.25, 0.3) is 0 Å². The highest BCUT2D eigenvalue weighted by molar-refractivity contribution is 5.18. The van der Waals surface area contributed by atoms with E-state index in [1.807, 2.05) is 12.1 Å². The first kappa shape index (κ1) is 16.2. The predicted octanol–water partition coefficient (Wildman–Crippen LogP) is 4.71. The van der Waals surface area contributed by atoms with E-state index in [1.54, 1.807) is 12.1 Å². The minimum atomic E-state index is -0.0863. The number of unbranched alkanes of at least 4 members (excludes halogenated alkanes) is 1. The molecule has 1 rings (SSSR count). The topological polar surface area (TPSA) is 12.0 Å². The molecule has 0 heterocycles. The van der Waals surface area contributed by atoms with E-state index in [2.05, 4.69) is 26.1 Å². The molecular weight excluding hydrogens is 237 g/mol. The molecule has 0 saturated carbocycles. The van der Waals surface area contributed by atoms with E-state index >= 15 is 0 Å². The van der Waals surface area contributed by atoms with Crippen LogP contribution in [-0.2, 0) is 6.42 Å². The van der Waals surface area contributed by atoms with E-state index in [9.17, 15) is 4.39 Å². The summed E-state index contributed by atoms with van der Waals surface area (Å²) < 4.78 is 13.6. The second-order valence-electron chi connectivity index (χ2n) is 5.49. The minimum Gasteiger partial charge on any atom is -0.311 e. The summed E-state index contributed by atoms with van der Waals surface area (Å²) in [6, 6.07) is 7.98. The van der Waals surface area contributed by atoms with Gasteiger partial charge in [-0.25, -0.2) is 4.39 Å². The fourth-order valence-electron chi connectivity index (χ4n) is 2.57. The molecule has 0 aliphatic heterocycles. The van der Waals surface area contributed by atoms with Gasteiger partial charge >= 0.3 is 0 Å². The van der Waals surface area contributed by atoms with Gasteiger partial charge in [-0.05, 0) is 37.8 Å². The van der Waals surface area contributed by atoms with E-state index in [0.29, 0.717) is 12.1 Å². The number of hydrogen-bond donors (Lipinski definition) is 1. The summed E-state index contributed by atoms with van der Waals surface area (Å²) in [5.74, 6) is -0.0863. The van der Waals surface area contributed by atoms with Crippen LogP contribution in [-0.4, -0.2) is 12.1 Å². The van der Waals surface area contributed by atoms with Crippen LogP contribution in [0.3, 0.4) is 0 Å². The fraction of sp³-hybridized carbons (Fsp3) is 0.647. The Balaban J connectivity index is 2.47. The highest BCUT2D eigenvalue weighted by Crippen LogP contribution is 2.12. The number of rotatable bonds is 9. The number of benzene rings is 1. The Morgan fingerprint density at radius 3 is 2.47 bits per heavy atom. The first-order valence-electron chi connectivity index (χ1n) is 7.66. The molecule has 0 bridgehead atoms. The lowest BCUT2D eigenvalue weighted by atomic mass is 10.0. The lowest BCUT2D eigenvalue weighted by Gasteiger charge is -2.23. The average molecular weight is 265 g/mol. The van der Waals surface area contributed by atoms with E-state index < -0.39 is 0 Å².